The molecule has 183 valence electrons. The average Bonchev–Trinajstić information content (AvgIpc) is 3.24. The quantitative estimate of drug-likeness (QED) is 0.150. The molecule has 1 aromatic heterocycles. The fourth-order valence-corrected chi connectivity index (χ4v) is 3.65. The molecule has 3 nitrogen and oxygen atoms in total. The number of nitrogens with zero attached hydrogens (tertiary/aromatic N) is 3. The van der Waals surface area contributed by atoms with Gasteiger partial charge in [-0.05, 0) is 47.9 Å². The Hall–Kier alpha value is -0.961. The number of benzene rings is 2. The molecule has 0 aliphatic rings. The van der Waals surface area contributed by atoms with E-state index in [9.17, 15) is 0 Å². The molecule has 1 heterocycles. The predicted octanol–water partition coefficient (Wildman–Crippen LogP) is 9.29. The van der Waals surface area contributed by atoms with E-state index in [1.165, 1.54) is 19.6 Å². The number of halogens is 2. The van der Waals surface area contributed by atoms with E-state index in [0.717, 1.165) is 34.2 Å². The van der Waals surface area contributed by atoms with E-state index in [0.29, 0.717) is 0 Å². The second-order valence-electron chi connectivity index (χ2n) is 10.2. The first-order chi connectivity index (χ1) is 15.9. The van der Waals surface area contributed by atoms with Gasteiger partial charge in [0.15, 0.2) is 0 Å². The topological polar surface area (TPSA) is 38.8 Å². The molecule has 0 fully saturated rings. The maximum atomic E-state index is 4.91. The Bertz CT molecular complexity index is 1060. The zero-order chi connectivity index (χ0) is 25.5. The summed E-state index contributed by atoms with van der Waals surface area (Å²) in [5.74, 6) is 0. The van der Waals surface area contributed by atoms with Crippen molar-refractivity contribution in [3.05, 3.63) is 83.2 Å². The normalized spacial score (nSPS) is 12.9. The molecule has 0 saturated heterocycles. The van der Waals surface area contributed by atoms with Gasteiger partial charge < -0.3 is 4.98 Å². The third kappa shape index (κ3) is 8.31. The molecule has 0 saturated carbocycles. The van der Waals surface area contributed by atoms with Crippen LogP contribution < -0.4 is 4.98 Å². The average molecular weight is 722 g/mol. The van der Waals surface area contributed by atoms with Crippen LogP contribution >= 0.6 is 40.7 Å². The van der Waals surface area contributed by atoms with Crippen LogP contribution in [0.1, 0.15) is 77.9 Å². The van der Waals surface area contributed by atoms with Gasteiger partial charge in [-0.25, -0.2) is 0 Å². The fraction of sp³-hybridized carbons (Fsp3) is 0.357. The van der Waals surface area contributed by atoms with Crippen LogP contribution in [0.2, 0.25) is 0 Å². The van der Waals surface area contributed by atoms with Crippen LogP contribution in [-0.4, -0.2) is 11.4 Å². The predicted molar refractivity (Wildman–Crippen MR) is 162 cm³/mol. The van der Waals surface area contributed by atoms with Gasteiger partial charge in [0.05, 0.1) is 11.4 Å². The van der Waals surface area contributed by atoms with Crippen molar-refractivity contribution in [1.82, 2.24) is 4.98 Å². The molecule has 3 aromatic rings. The number of para-hydroxylation sites is 2. The van der Waals surface area contributed by atoms with E-state index in [2.05, 4.69) is 119 Å². The summed E-state index contributed by atoms with van der Waals surface area (Å²) in [5, 5.41) is 0. The molecule has 0 N–H and O–H groups in total. The number of hydrogen-bond acceptors (Lipinski definition) is 2. The Morgan fingerprint density at radius 2 is 0.971 bits per heavy atom. The summed E-state index contributed by atoms with van der Waals surface area (Å²) in [4.78, 5) is 14.7. The molecular formula is C28H34FeI2N3. The van der Waals surface area contributed by atoms with Crippen LogP contribution in [0.25, 0.3) is 0 Å². The van der Waals surface area contributed by atoms with Crippen molar-refractivity contribution in [1.29, 1.82) is 0 Å². The minimum absolute atomic E-state index is 0.0364. The summed E-state index contributed by atoms with van der Waals surface area (Å²) in [5.41, 5.74) is 8.13. The molecule has 0 spiro atoms. The molecular weight excluding hydrogens is 688 g/mol. The second-order valence-corrected chi connectivity index (χ2v) is 19.5. The van der Waals surface area contributed by atoms with E-state index in [-0.39, 0.29) is 10.8 Å². The van der Waals surface area contributed by atoms with Crippen LogP contribution in [0.3, 0.4) is 0 Å². The SMILES string of the molecule is CC(=Nc1ccccc1C(C)(C)C)c1ccc(C(C)=Nc2ccccc2C(C)(C)C)[n-]1.[I][Fe+][I]. The first-order valence-corrected chi connectivity index (χ1v) is 18.3. The third-order valence-corrected chi connectivity index (χ3v) is 5.38. The zero-order valence-corrected chi connectivity index (χ0v) is 26.6. The third-order valence-electron chi connectivity index (χ3n) is 5.38. The van der Waals surface area contributed by atoms with Crippen LogP contribution in [0.15, 0.2) is 70.6 Å². The van der Waals surface area contributed by atoms with E-state index in [4.69, 9.17) is 15.0 Å². The second kappa shape index (κ2) is 12.8. The molecule has 0 unspecified atom stereocenters. The molecule has 0 bridgehead atoms. The molecule has 6 heteroatoms. The van der Waals surface area contributed by atoms with E-state index in [1.54, 1.807) is 0 Å². The molecule has 0 aliphatic heterocycles. The summed E-state index contributed by atoms with van der Waals surface area (Å²) < 4.78 is 0. The zero-order valence-electron chi connectivity index (χ0n) is 21.2. The monoisotopic (exact) mass is 722 g/mol. The van der Waals surface area contributed by atoms with Crippen molar-refractivity contribution in [2.45, 2.75) is 66.2 Å². The Morgan fingerprint density at radius 1 is 0.647 bits per heavy atom. The van der Waals surface area contributed by atoms with Gasteiger partial charge in [-0.15, -0.1) is 11.4 Å². The molecule has 0 radical (unpaired) electrons. The Labute approximate surface area is 234 Å². The molecule has 3 rings (SSSR count). The molecule has 0 atom stereocenters. The number of rotatable bonds is 4. The molecule has 0 aliphatic carbocycles. The number of aliphatic imine (C=N–C) groups is 2. The van der Waals surface area contributed by atoms with Crippen molar-refractivity contribution in [2.24, 2.45) is 9.98 Å². The van der Waals surface area contributed by atoms with Gasteiger partial charge in [0.2, 0.25) is 0 Å². The number of aromatic nitrogens is 1. The van der Waals surface area contributed by atoms with Gasteiger partial charge in [0.25, 0.3) is 0 Å². The van der Waals surface area contributed by atoms with Crippen molar-refractivity contribution in [2.75, 3.05) is 0 Å². The van der Waals surface area contributed by atoms with Gasteiger partial charge >= 0.3 is 49.1 Å². The summed E-state index contributed by atoms with van der Waals surface area (Å²) in [6.45, 7) is 17.3. The van der Waals surface area contributed by atoms with Gasteiger partial charge in [0.1, 0.15) is 0 Å². The van der Waals surface area contributed by atoms with Crippen LogP contribution in [0.5, 0.6) is 0 Å². The molecule has 34 heavy (non-hydrogen) atoms. The van der Waals surface area contributed by atoms with Crippen molar-refractivity contribution < 1.29 is 8.46 Å². The van der Waals surface area contributed by atoms with Crippen LogP contribution in [-0.2, 0) is 19.3 Å². The van der Waals surface area contributed by atoms with E-state index >= 15 is 0 Å². The summed E-state index contributed by atoms with van der Waals surface area (Å²) in [6.07, 6.45) is 0. The van der Waals surface area contributed by atoms with E-state index in [1.807, 2.05) is 38.1 Å². The Morgan fingerprint density at radius 3 is 1.29 bits per heavy atom. The van der Waals surface area contributed by atoms with Crippen LogP contribution in [0, 0.1) is 0 Å². The fourth-order valence-electron chi connectivity index (χ4n) is 3.65. The first kappa shape index (κ1) is 29.3. The molecule has 2 aromatic carbocycles. The number of hydrogen-bond donors (Lipinski definition) is 0. The Balaban J connectivity index is 0.00000129. The standard InChI is InChI=1S/C28H34N3.Fe.2HI/c1-19(29-25-15-11-9-13-21(25)27(3,4)5)23-17-18-24(31-23)20(2)30-26-16-12-10-14-22(26)28(6,7)8;;;/h9-18H,1-8H3;;2*1H/q-1;+3;;/p-2. The van der Waals surface area contributed by atoms with Gasteiger partial charge in [0, 0.05) is 11.4 Å². The summed E-state index contributed by atoms with van der Waals surface area (Å²) in [6, 6.07) is 20.7. The Kier molecular flexibility index (Phi) is 11.1. The van der Waals surface area contributed by atoms with Gasteiger partial charge in [-0.2, -0.15) is 0 Å². The van der Waals surface area contributed by atoms with Gasteiger partial charge in [-0.1, -0.05) is 90.1 Å². The minimum atomic E-state index is 0.0364. The van der Waals surface area contributed by atoms with E-state index < -0.39 is 0 Å². The van der Waals surface area contributed by atoms with Crippen molar-refractivity contribution >= 4 is 63.5 Å². The maximum absolute atomic E-state index is 4.91. The summed E-state index contributed by atoms with van der Waals surface area (Å²) >= 11 is 4.55. The van der Waals surface area contributed by atoms with Crippen LogP contribution in [0.4, 0.5) is 11.4 Å². The van der Waals surface area contributed by atoms with Crippen molar-refractivity contribution in [3.8, 4) is 0 Å². The first-order valence-electron chi connectivity index (χ1n) is 11.2. The summed E-state index contributed by atoms with van der Waals surface area (Å²) in [7, 11) is 1.19. The molecule has 0 amide bonds. The van der Waals surface area contributed by atoms with Crippen molar-refractivity contribution in [3.63, 3.8) is 0 Å². The van der Waals surface area contributed by atoms with Gasteiger partial charge in [-0.3, -0.25) is 9.98 Å².